The number of carbonyl (C=O) groups excluding carboxylic acids is 1. The molecule has 24 heavy (non-hydrogen) atoms. The number of nitrogens with zero attached hydrogens (tertiary/aromatic N) is 3. The minimum absolute atomic E-state index is 0.181. The van der Waals surface area contributed by atoms with Gasteiger partial charge in [-0.15, -0.1) is 11.3 Å². The number of hydrogen-bond acceptors (Lipinski definition) is 4. The molecule has 0 bridgehead atoms. The molecule has 0 radical (unpaired) electrons. The van der Waals surface area contributed by atoms with Crippen LogP contribution in [0.3, 0.4) is 0 Å². The van der Waals surface area contributed by atoms with E-state index in [1.54, 1.807) is 47.4 Å². The molecule has 1 aromatic carbocycles. The van der Waals surface area contributed by atoms with E-state index in [2.05, 4.69) is 15.3 Å². The van der Waals surface area contributed by atoms with Crippen molar-refractivity contribution < 1.29 is 9.18 Å². The van der Waals surface area contributed by atoms with Crippen LogP contribution in [0.2, 0.25) is 0 Å². The van der Waals surface area contributed by atoms with Crippen molar-refractivity contribution in [2.45, 2.75) is 26.7 Å². The van der Waals surface area contributed by atoms with Gasteiger partial charge in [-0.1, -0.05) is 6.92 Å². The molecule has 0 aliphatic rings. The Hall–Kier alpha value is -2.54. The van der Waals surface area contributed by atoms with Crippen molar-refractivity contribution in [2.24, 2.45) is 0 Å². The monoisotopic (exact) mass is 344 g/mol. The van der Waals surface area contributed by atoms with Gasteiger partial charge in [0, 0.05) is 23.5 Å². The predicted octanol–water partition coefficient (Wildman–Crippen LogP) is 3.52. The van der Waals surface area contributed by atoms with Crippen molar-refractivity contribution in [3.63, 3.8) is 0 Å². The van der Waals surface area contributed by atoms with Gasteiger partial charge in [-0.05, 0) is 31.5 Å². The van der Waals surface area contributed by atoms with E-state index in [9.17, 15) is 9.18 Å². The summed E-state index contributed by atoms with van der Waals surface area (Å²) in [5.41, 5.74) is 1.56. The standard InChI is InChI=1S/C17H17FN4OS/c1-3-17-21-13(10-24-17)9-16(23)20-12-4-5-15(14(18)8-12)22-7-6-19-11(22)2/h4-8,10H,3,9H2,1-2H3,(H,20,23). The summed E-state index contributed by atoms with van der Waals surface area (Å²) in [7, 11) is 0. The second kappa shape index (κ2) is 6.92. The lowest BCUT2D eigenvalue weighted by Gasteiger charge is -2.09. The Morgan fingerprint density at radius 3 is 2.88 bits per heavy atom. The zero-order valence-corrected chi connectivity index (χ0v) is 14.2. The molecule has 0 atom stereocenters. The SMILES string of the molecule is CCc1nc(CC(=O)Nc2ccc(-n3ccnc3C)c(F)c2)cs1. The highest BCUT2D eigenvalue weighted by molar-refractivity contribution is 7.09. The van der Waals surface area contributed by atoms with E-state index in [1.165, 1.54) is 6.07 Å². The van der Waals surface area contributed by atoms with Gasteiger partial charge in [0.25, 0.3) is 0 Å². The van der Waals surface area contributed by atoms with Crippen molar-refractivity contribution >= 4 is 22.9 Å². The summed E-state index contributed by atoms with van der Waals surface area (Å²) >= 11 is 1.54. The number of nitrogens with one attached hydrogen (secondary N) is 1. The van der Waals surface area contributed by atoms with Gasteiger partial charge >= 0.3 is 0 Å². The first kappa shape index (κ1) is 16.3. The number of halogens is 1. The molecular formula is C17H17FN4OS. The van der Waals surface area contributed by atoms with E-state index in [0.29, 0.717) is 17.2 Å². The third kappa shape index (κ3) is 3.51. The van der Waals surface area contributed by atoms with E-state index in [-0.39, 0.29) is 12.3 Å². The molecule has 124 valence electrons. The number of amides is 1. The number of carbonyl (C=O) groups is 1. The number of thiazole rings is 1. The van der Waals surface area contributed by atoms with Crippen LogP contribution in [0.5, 0.6) is 0 Å². The summed E-state index contributed by atoms with van der Waals surface area (Å²) in [5.74, 6) is 0.0608. The number of anilines is 1. The number of aromatic nitrogens is 3. The van der Waals surface area contributed by atoms with Gasteiger partial charge in [0.05, 0.1) is 22.8 Å². The van der Waals surface area contributed by atoms with Crippen molar-refractivity contribution in [1.82, 2.24) is 14.5 Å². The second-order valence-corrected chi connectivity index (χ2v) is 6.26. The van der Waals surface area contributed by atoms with Crippen molar-refractivity contribution in [3.05, 3.63) is 58.3 Å². The normalized spacial score (nSPS) is 10.8. The maximum Gasteiger partial charge on any atom is 0.230 e. The average molecular weight is 344 g/mol. The summed E-state index contributed by atoms with van der Waals surface area (Å²) in [5, 5.41) is 5.59. The Morgan fingerprint density at radius 2 is 2.25 bits per heavy atom. The van der Waals surface area contributed by atoms with Crippen LogP contribution in [0.15, 0.2) is 36.0 Å². The van der Waals surface area contributed by atoms with Crippen LogP contribution in [0.25, 0.3) is 5.69 Å². The highest BCUT2D eigenvalue weighted by atomic mass is 32.1. The van der Waals surface area contributed by atoms with Gasteiger partial charge in [-0.25, -0.2) is 14.4 Å². The van der Waals surface area contributed by atoms with Crippen molar-refractivity contribution in [2.75, 3.05) is 5.32 Å². The van der Waals surface area contributed by atoms with Crippen LogP contribution >= 0.6 is 11.3 Å². The van der Waals surface area contributed by atoms with Crippen LogP contribution < -0.4 is 5.32 Å². The summed E-state index contributed by atoms with van der Waals surface area (Å²) in [6, 6.07) is 4.61. The number of imidazole rings is 1. The molecule has 0 spiro atoms. The first-order valence-electron chi connectivity index (χ1n) is 7.60. The molecule has 0 saturated heterocycles. The van der Waals surface area contributed by atoms with Gasteiger partial charge < -0.3 is 9.88 Å². The fourth-order valence-corrected chi connectivity index (χ4v) is 3.12. The maximum absolute atomic E-state index is 14.3. The third-order valence-electron chi connectivity index (χ3n) is 3.56. The molecule has 3 rings (SSSR count). The fraction of sp³-hybridized carbons (Fsp3) is 0.235. The molecule has 1 N–H and O–H groups in total. The molecule has 2 heterocycles. The molecule has 0 unspecified atom stereocenters. The maximum atomic E-state index is 14.3. The van der Waals surface area contributed by atoms with E-state index < -0.39 is 5.82 Å². The van der Waals surface area contributed by atoms with Crippen LogP contribution in [-0.2, 0) is 17.6 Å². The largest absolute Gasteiger partial charge is 0.326 e. The van der Waals surface area contributed by atoms with Gasteiger partial charge in [0.15, 0.2) is 0 Å². The quantitative estimate of drug-likeness (QED) is 0.770. The first-order chi connectivity index (χ1) is 11.6. The number of aryl methyl sites for hydroxylation is 2. The number of hydrogen-bond donors (Lipinski definition) is 1. The lowest BCUT2D eigenvalue weighted by molar-refractivity contribution is -0.115. The van der Waals surface area contributed by atoms with E-state index in [1.807, 2.05) is 12.3 Å². The van der Waals surface area contributed by atoms with Gasteiger partial charge in [-0.2, -0.15) is 0 Å². The topological polar surface area (TPSA) is 59.8 Å². The summed E-state index contributed by atoms with van der Waals surface area (Å²) < 4.78 is 16.0. The molecule has 3 aromatic rings. The van der Waals surface area contributed by atoms with E-state index >= 15 is 0 Å². The molecular weight excluding hydrogens is 327 g/mol. The molecule has 1 amide bonds. The zero-order valence-electron chi connectivity index (χ0n) is 13.4. The van der Waals surface area contributed by atoms with Crippen LogP contribution in [0.4, 0.5) is 10.1 Å². The summed E-state index contributed by atoms with van der Waals surface area (Å²) in [6.07, 6.45) is 4.34. The molecule has 2 aromatic heterocycles. The lowest BCUT2D eigenvalue weighted by atomic mass is 10.2. The molecule has 0 aliphatic carbocycles. The van der Waals surface area contributed by atoms with Gasteiger partial charge in [-0.3, -0.25) is 4.79 Å². The van der Waals surface area contributed by atoms with Crippen molar-refractivity contribution in [1.29, 1.82) is 0 Å². The first-order valence-corrected chi connectivity index (χ1v) is 8.47. The van der Waals surface area contributed by atoms with Crippen LogP contribution in [-0.4, -0.2) is 20.4 Å². The average Bonchev–Trinajstić information content (AvgIpc) is 3.16. The highest BCUT2D eigenvalue weighted by Crippen LogP contribution is 2.20. The molecule has 0 aliphatic heterocycles. The Balaban J connectivity index is 1.70. The molecule has 7 heteroatoms. The second-order valence-electron chi connectivity index (χ2n) is 5.32. The third-order valence-corrected chi connectivity index (χ3v) is 4.60. The smallest absolute Gasteiger partial charge is 0.230 e. The molecule has 0 fully saturated rings. The summed E-state index contributed by atoms with van der Waals surface area (Å²) in [6.45, 7) is 3.82. The molecule has 0 saturated carbocycles. The Labute approximate surface area is 143 Å². The minimum Gasteiger partial charge on any atom is -0.326 e. The Bertz CT molecular complexity index is 871. The highest BCUT2D eigenvalue weighted by Gasteiger charge is 2.11. The Kier molecular flexibility index (Phi) is 4.71. The van der Waals surface area contributed by atoms with Crippen LogP contribution in [0.1, 0.15) is 23.4 Å². The van der Waals surface area contributed by atoms with Gasteiger partial charge in [0.1, 0.15) is 11.6 Å². The van der Waals surface area contributed by atoms with E-state index in [0.717, 1.165) is 17.1 Å². The number of rotatable bonds is 5. The summed E-state index contributed by atoms with van der Waals surface area (Å²) in [4.78, 5) is 20.5. The fourth-order valence-electron chi connectivity index (χ4n) is 2.37. The van der Waals surface area contributed by atoms with E-state index in [4.69, 9.17) is 0 Å². The number of benzene rings is 1. The lowest BCUT2D eigenvalue weighted by Crippen LogP contribution is -2.15. The zero-order chi connectivity index (χ0) is 17.1. The predicted molar refractivity (Wildman–Crippen MR) is 92.1 cm³/mol. The molecule has 5 nitrogen and oxygen atoms in total. The minimum atomic E-state index is -0.421. The van der Waals surface area contributed by atoms with Gasteiger partial charge in [0.2, 0.25) is 5.91 Å². The van der Waals surface area contributed by atoms with Crippen LogP contribution in [0, 0.1) is 12.7 Å². The Morgan fingerprint density at radius 1 is 1.42 bits per heavy atom. The van der Waals surface area contributed by atoms with Crippen molar-refractivity contribution in [3.8, 4) is 5.69 Å².